The van der Waals surface area contributed by atoms with Gasteiger partial charge >= 0.3 is 5.97 Å². The molecule has 0 fully saturated rings. The fourth-order valence-electron chi connectivity index (χ4n) is 1.77. The van der Waals surface area contributed by atoms with Crippen LogP contribution in [0.3, 0.4) is 0 Å². The van der Waals surface area contributed by atoms with Gasteiger partial charge in [0.15, 0.2) is 11.5 Å². The van der Waals surface area contributed by atoms with Gasteiger partial charge in [0.05, 0.1) is 18.4 Å². The predicted octanol–water partition coefficient (Wildman–Crippen LogP) is 2.93. The number of carboxylic acid groups (broad SMARTS) is 1. The molecular formula is C15H15NO4. The lowest BCUT2D eigenvalue weighted by molar-refractivity contribution is 0.0696. The largest absolute Gasteiger partial charge is 0.493 e. The van der Waals surface area contributed by atoms with Crippen molar-refractivity contribution in [3.8, 4) is 11.5 Å². The maximum atomic E-state index is 10.9. The third-order valence-electron chi connectivity index (χ3n) is 2.82. The summed E-state index contributed by atoms with van der Waals surface area (Å²) in [6.07, 6.45) is 1.43. The van der Waals surface area contributed by atoms with Crippen LogP contribution in [-0.2, 0) is 0 Å². The van der Waals surface area contributed by atoms with E-state index in [0.29, 0.717) is 11.5 Å². The van der Waals surface area contributed by atoms with Crippen molar-refractivity contribution in [2.45, 2.75) is 13.0 Å². The number of hydrogen-bond acceptors (Lipinski definition) is 4. The van der Waals surface area contributed by atoms with Gasteiger partial charge in [-0.3, -0.25) is 4.98 Å². The summed E-state index contributed by atoms with van der Waals surface area (Å²) in [6.45, 7) is 1.87. The molecule has 0 bridgehead atoms. The number of aromatic carboxylic acids is 1. The van der Waals surface area contributed by atoms with Crippen molar-refractivity contribution >= 4 is 5.97 Å². The Hall–Kier alpha value is -2.56. The minimum Gasteiger partial charge on any atom is -0.493 e. The minimum atomic E-state index is -1.01. The monoisotopic (exact) mass is 273 g/mol. The second kappa shape index (κ2) is 6.06. The SMILES string of the molecule is COc1cc(C(=O)O)ccc1OC(C)c1ccccn1. The highest BCUT2D eigenvalue weighted by atomic mass is 16.5. The molecule has 0 radical (unpaired) electrons. The zero-order valence-electron chi connectivity index (χ0n) is 11.2. The van der Waals surface area contributed by atoms with Crippen LogP contribution in [0.25, 0.3) is 0 Å². The van der Waals surface area contributed by atoms with Crippen molar-refractivity contribution in [3.05, 3.63) is 53.9 Å². The predicted molar refractivity (Wildman–Crippen MR) is 73.2 cm³/mol. The number of ether oxygens (including phenoxy) is 2. The summed E-state index contributed by atoms with van der Waals surface area (Å²) < 4.78 is 10.9. The maximum absolute atomic E-state index is 10.9. The fourth-order valence-corrected chi connectivity index (χ4v) is 1.77. The number of nitrogens with zero attached hydrogens (tertiary/aromatic N) is 1. The van der Waals surface area contributed by atoms with Crippen LogP contribution in [0.15, 0.2) is 42.6 Å². The molecule has 2 rings (SSSR count). The van der Waals surface area contributed by atoms with E-state index in [1.807, 2.05) is 25.1 Å². The number of pyridine rings is 1. The molecule has 1 unspecified atom stereocenters. The van der Waals surface area contributed by atoms with E-state index in [0.717, 1.165) is 5.69 Å². The summed E-state index contributed by atoms with van der Waals surface area (Å²) in [5, 5.41) is 8.95. The van der Waals surface area contributed by atoms with Crippen LogP contribution in [0.5, 0.6) is 11.5 Å². The smallest absolute Gasteiger partial charge is 0.335 e. The quantitative estimate of drug-likeness (QED) is 0.907. The van der Waals surface area contributed by atoms with Crippen LogP contribution in [0.4, 0.5) is 0 Å². The number of aromatic nitrogens is 1. The Balaban J connectivity index is 2.23. The van der Waals surface area contributed by atoms with E-state index in [4.69, 9.17) is 14.6 Å². The summed E-state index contributed by atoms with van der Waals surface area (Å²) in [7, 11) is 1.47. The molecule has 104 valence electrons. The lowest BCUT2D eigenvalue weighted by Crippen LogP contribution is -2.06. The zero-order valence-corrected chi connectivity index (χ0v) is 11.2. The van der Waals surface area contributed by atoms with E-state index in [2.05, 4.69) is 4.98 Å². The Kier molecular flexibility index (Phi) is 4.20. The van der Waals surface area contributed by atoms with Crippen LogP contribution in [-0.4, -0.2) is 23.2 Å². The topological polar surface area (TPSA) is 68.7 Å². The Morgan fingerprint density at radius 1 is 1.25 bits per heavy atom. The highest BCUT2D eigenvalue weighted by molar-refractivity contribution is 5.88. The molecule has 0 saturated heterocycles. The lowest BCUT2D eigenvalue weighted by Gasteiger charge is -2.16. The summed E-state index contributed by atoms with van der Waals surface area (Å²) in [5.41, 5.74) is 0.941. The first kappa shape index (κ1) is 13.9. The Morgan fingerprint density at radius 3 is 2.65 bits per heavy atom. The molecule has 0 spiro atoms. The number of carboxylic acids is 1. The van der Waals surface area contributed by atoms with E-state index >= 15 is 0 Å². The average molecular weight is 273 g/mol. The van der Waals surface area contributed by atoms with Crippen molar-refractivity contribution in [2.75, 3.05) is 7.11 Å². The standard InChI is InChI=1S/C15H15NO4/c1-10(12-5-3-4-8-16-12)20-13-7-6-11(15(17)18)9-14(13)19-2/h3-10H,1-2H3,(H,17,18). The molecule has 1 aromatic heterocycles. The van der Waals surface area contributed by atoms with Crippen LogP contribution in [0.2, 0.25) is 0 Å². The summed E-state index contributed by atoms with van der Waals surface area (Å²) in [5.74, 6) is -0.143. The van der Waals surface area contributed by atoms with E-state index in [9.17, 15) is 4.79 Å². The maximum Gasteiger partial charge on any atom is 0.335 e. The summed E-state index contributed by atoms with van der Waals surface area (Å²) in [6, 6.07) is 10.1. The normalized spacial score (nSPS) is 11.7. The zero-order chi connectivity index (χ0) is 14.5. The average Bonchev–Trinajstić information content (AvgIpc) is 2.48. The second-order valence-electron chi connectivity index (χ2n) is 4.19. The third kappa shape index (κ3) is 3.06. The lowest BCUT2D eigenvalue weighted by atomic mass is 10.2. The van der Waals surface area contributed by atoms with Gasteiger partial charge < -0.3 is 14.6 Å². The molecule has 1 atom stereocenters. The molecule has 2 aromatic rings. The van der Waals surface area contributed by atoms with Crippen LogP contribution in [0.1, 0.15) is 29.1 Å². The Labute approximate surface area is 116 Å². The van der Waals surface area contributed by atoms with E-state index < -0.39 is 5.97 Å². The molecule has 20 heavy (non-hydrogen) atoms. The molecule has 5 nitrogen and oxygen atoms in total. The number of methoxy groups -OCH3 is 1. The first-order chi connectivity index (χ1) is 9.61. The molecule has 1 N–H and O–H groups in total. The second-order valence-corrected chi connectivity index (χ2v) is 4.19. The van der Waals surface area contributed by atoms with Crippen molar-refractivity contribution in [1.29, 1.82) is 0 Å². The molecule has 5 heteroatoms. The summed E-state index contributed by atoms with van der Waals surface area (Å²) in [4.78, 5) is 15.1. The molecule has 1 heterocycles. The molecule has 0 saturated carbocycles. The van der Waals surface area contributed by atoms with Crippen LogP contribution < -0.4 is 9.47 Å². The van der Waals surface area contributed by atoms with Crippen LogP contribution in [0, 0.1) is 0 Å². The third-order valence-corrected chi connectivity index (χ3v) is 2.82. The highest BCUT2D eigenvalue weighted by Crippen LogP contribution is 2.31. The van der Waals surface area contributed by atoms with E-state index in [1.54, 1.807) is 12.3 Å². The van der Waals surface area contributed by atoms with Crippen molar-refractivity contribution in [3.63, 3.8) is 0 Å². The molecule has 0 amide bonds. The summed E-state index contributed by atoms with van der Waals surface area (Å²) >= 11 is 0. The van der Waals surface area contributed by atoms with Gasteiger partial charge in [0, 0.05) is 6.20 Å². The molecule has 0 aliphatic heterocycles. The van der Waals surface area contributed by atoms with Crippen molar-refractivity contribution < 1.29 is 19.4 Å². The molecule has 0 aliphatic rings. The first-order valence-electron chi connectivity index (χ1n) is 6.10. The molecule has 1 aromatic carbocycles. The van der Waals surface area contributed by atoms with Gasteiger partial charge in [-0.25, -0.2) is 4.79 Å². The van der Waals surface area contributed by atoms with Gasteiger partial charge in [0.2, 0.25) is 0 Å². The van der Waals surface area contributed by atoms with E-state index in [1.165, 1.54) is 19.2 Å². The first-order valence-corrected chi connectivity index (χ1v) is 6.10. The van der Waals surface area contributed by atoms with Gasteiger partial charge in [-0.1, -0.05) is 6.07 Å². The Bertz CT molecular complexity index is 598. The van der Waals surface area contributed by atoms with E-state index in [-0.39, 0.29) is 11.7 Å². The molecular weight excluding hydrogens is 258 g/mol. The number of hydrogen-bond donors (Lipinski definition) is 1. The van der Waals surface area contributed by atoms with Crippen molar-refractivity contribution in [2.24, 2.45) is 0 Å². The van der Waals surface area contributed by atoms with Gasteiger partial charge in [0.25, 0.3) is 0 Å². The molecule has 0 aliphatic carbocycles. The minimum absolute atomic E-state index is 0.152. The number of carbonyl (C=O) groups is 1. The van der Waals surface area contributed by atoms with Crippen LogP contribution >= 0.6 is 0 Å². The highest BCUT2D eigenvalue weighted by Gasteiger charge is 2.14. The van der Waals surface area contributed by atoms with Gasteiger partial charge in [-0.05, 0) is 37.3 Å². The van der Waals surface area contributed by atoms with Crippen molar-refractivity contribution in [1.82, 2.24) is 4.98 Å². The number of benzene rings is 1. The fraction of sp³-hybridized carbons (Fsp3) is 0.200. The van der Waals surface area contributed by atoms with Gasteiger partial charge in [-0.2, -0.15) is 0 Å². The number of rotatable bonds is 5. The van der Waals surface area contributed by atoms with Gasteiger partial charge in [-0.15, -0.1) is 0 Å². The van der Waals surface area contributed by atoms with Gasteiger partial charge in [0.1, 0.15) is 6.10 Å². The Morgan fingerprint density at radius 2 is 2.05 bits per heavy atom.